The predicted octanol–water partition coefficient (Wildman–Crippen LogP) is 11.1. The minimum absolute atomic E-state index is 0.156. The number of furan rings is 1. The molecule has 0 aliphatic heterocycles. The first-order valence-electron chi connectivity index (χ1n) is 16.1. The van der Waals surface area contributed by atoms with E-state index in [9.17, 15) is 0 Å². The van der Waals surface area contributed by atoms with Gasteiger partial charge < -0.3 is 4.42 Å². The van der Waals surface area contributed by atoms with E-state index in [1.807, 2.05) is 36.7 Å². The smallest absolute Gasteiger partial charge is 0.234 e. The fourth-order valence-corrected chi connectivity index (χ4v) is 7.72. The monoisotopic (exact) mass is 603 g/mol. The molecule has 47 heavy (non-hydrogen) atoms. The summed E-state index contributed by atoms with van der Waals surface area (Å²) in [5, 5.41) is 4.71. The third kappa shape index (κ3) is 3.76. The molecule has 0 unspecified atom stereocenters. The van der Waals surface area contributed by atoms with Crippen LogP contribution in [0, 0.1) is 0 Å². The Hall–Kier alpha value is -6.00. The van der Waals surface area contributed by atoms with Gasteiger partial charge in [0, 0.05) is 44.9 Å². The zero-order chi connectivity index (χ0) is 31.3. The Morgan fingerprint density at radius 3 is 2.02 bits per heavy atom. The highest BCUT2D eigenvalue weighted by atomic mass is 16.3. The van der Waals surface area contributed by atoms with Crippen LogP contribution in [-0.2, 0) is 5.41 Å². The Balaban J connectivity index is 1.09. The highest BCUT2D eigenvalue weighted by Crippen LogP contribution is 2.51. The molecule has 0 amide bonds. The van der Waals surface area contributed by atoms with Crippen molar-refractivity contribution in [2.24, 2.45) is 0 Å². The third-order valence-electron chi connectivity index (χ3n) is 10.1. The molecule has 0 N–H and O–H groups in total. The lowest BCUT2D eigenvalue weighted by molar-refractivity contribution is 0.647. The van der Waals surface area contributed by atoms with Gasteiger partial charge in [0.05, 0.1) is 11.0 Å². The molecule has 0 atom stereocenters. The second-order valence-corrected chi connectivity index (χ2v) is 13.1. The Kier molecular flexibility index (Phi) is 5.31. The van der Waals surface area contributed by atoms with Crippen molar-refractivity contribution in [3.8, 4) is 39.3 Å². The highest BCUT2D eigenvalue weighted by Gasteiger charge is 2.36. The van der Waals surface area contributed by atoms with E-state index in [1.54, 1.807) is 0 Å². The molecule has 0 bridgehead atoms. The molecule has 1 aliphatic rings. The lowest BCUT2D eigenvalue weighted by Gasteiger charge is -2.22. The van der Waals surface area contributed by atoms with E-state index in [4.69, 9.17) is 14.4 Å². The van der Waals surface area contributed by atoms with Crippen LogP contribution < -0.4 is 0 Å². The summed E-state index contributed by atoms with van der Waals surface area (Å²) in [4.78, 5) is 9.66. The van der Waals surface area contributed by atoms with Crippen molar-refractivity contribution in [3.63, 3.8) is 0 Å². The lowest BCUT2D eigenvalue weighted by atomic mass is 9.81. The summed E-state index contributed by atoms with van der Waals surface area (Å²) in [7, 11) is 0. The van der Waals surface area contributed by atoms with E-state index in [0.717, 1.165) is 38.7 Å². The Morgan fingerprint density at radius 2 is 1.17 bits per heavy atom. The zero-order valence-corrected chi connectivity index (χ0v) is 26.0. The maximum atomic E-state index is 6.29. The molecule has 1 aliphatic carbocycles. The summed E-state index contributed by atoms with van der Waals surface area (Å²) in [6, 6.07) is 45.4. The first-order valence-corrected chi connectivity index (χ1v) is 16.1. The van der Waals surface area contributed by atoms with Gasteiger partial charge in [0.2, 0.25) is 5.95 Å². The molecule has 0 saturated heterocycles. The molecule has 0 saturated carbocycles. The van der Waals surface area contributed by atoms with Crippen LogP contribution in [0.5, 0.6) is 0 Å². The molecular weight excluding hydrogens is 574 g/mol. The van der Waals surface area contributed by atoms with Gasteiger partial charge in [0.15, 0.2) is 0 Å². The van der Waals surface area contributed by atoms with Gasteiger partial charge in [-0.1, -0.05) is 98.8 Å². The number of hydrogen-bond donors (Lipinski definition) is 0. The number of hydrogen-bond acceptors (Lipinski definition) is 3. The summed E-state index contributed by atoms with van der Waals surface area (Å²) in [5.41, 5.74) is 13.7. The molecule has 10 rings (SSSR count). The number of fused-ring (bicyclic) bond motifs is 9. The predicted molar refractivity (Wildman–Crippen MR) is 192 cm³/mol. The molecule has 3 aromatic heterocycles. The summed E-state index contributed by atoms with van der Waals surface area (Å²) in [6.45, 7) is 4.66. The number of aromatic nitrogens is 3. The van der Waals surface area contributed by atoms with Crippen LogP contribution in [-0.4, -0.2) is 14.5 Å². The van der Waals surface area contributed by atoms with Crippen LogP contribution in [0.3, 0.4) is 0 Å². The largest absolute Gasteiger partial charge is 0.456 e. The topological polar surface area (TPSA) is 43.9 Å². The van der Waals surface area contributed by atoms with Crippen molar-refractivity contribution in [3.05, 3.63) is 151 Å². The quantitative estimate of drug-likeness (QED) is 0.202. The molecule has 6 aromatic carbocycles. The fraction of sp³-hybridized carbons (Fsp3) is 0.0698. The average molecular weight is 604 g/mol. The van der Waals surface area contributed by atoms with Crippen LogP contribution in [0.1, 0.15) is 25.0 Å². The summed E-state index contributed by atoms with van der Waals surface area (Å²) < 4.78 is 8.46. The van der Waals surface area contributed by atoms with Crippen LogP contribution in [0.15, 0.2) is 144 Å². The van der Waals surface area contributed by atoms with Crippen molar-refractivity contribution >= 4 is 43.7 Å². The Bertz CT molecular complexity index is 2700. The minimum Gasteiger partial charge on any atom is -0.456 e. The van der Waals surface area contributed by atoms with Gasteiger partial charge in [0.1, 0.15) is 11.2 Å². The average Bonchev–Trinajstić information content (AvgIpc) is 3.73. The maximum absolute atomic E-state index is 6.29. The van der Waals surface area contributed by atoms with Gasteiger partial charge in [-0.2, -0.15) is 0 Å². The first kappa shape index (κ1) is 26.2. The van der Waals surface area contributed by atoms with Crippen LogP contribution in [0.25, 0.3) is 83.1 Å². The molecule has 4 nitrogen and oxygen atoms in total. The standard InChI is InChI=1S/C43H29N3O/c1-43(2)36-21-28(16-18-30(36)33-22-35-32-13-7-9-15-40(32)47-41(35)23-37(33)43)27-17-19-39-34(20-27)31-12-6-8-14-38(31)46(39)42-44-24-29(25-45-42)26-10-4-3-5-11-26/h3-25H,1-2H3. The Labute approximate surface area is 271 Å². The molecule has 9 aromatic rings. The number of para-hydroxylation sites is 2. The first-order chi connectivity index (χ1) is 23.0. The minimum atomic E-state index is -0.156. The molecule has 3 heterocycles. The van der Waals surface area contributed by atoms with Crippen molar-refractivity contribution < 1.29 is 4.42 Å². The SMILES string of the molecule is CC1(C)c2cc(-c3ccc4c(c3)c3ccccc3n4-c3ncc(-c4ccccc4)cn3)ccc2-c2cc3c(cc21)oc1ccccc13. The Morgan fingerprint density at radius 1 is 0.489 bits per heavy atom. The van der Waals surface area contributed by atoms with Crippen molar-refractivity contribution in [1.29, 1.82) is 0 Å². The summed E-state index contributed by atoms with van der Waals surface area (Å²) in [6.07, 6.45) is 3.83. The second kappa shape index (κ2) is 9.51. The van der Waals surface area contributed by atoms with E-state index < -0.39 is 0 Å². The van der Waals surface area contributed by atoms with Gasteiger partial charge in [-0.3, -0.25) is 4.57 Å². The highest BCUT2D eigenvalue weighted by molar-refractivity contribution is 6.11. The normalized spacial score (nSPS) is 13.5. The van der Waals surface area contributed by atoms with Gasteiger partial charge in [0.25, 0.3) is 0 Å². The van der Waals surface area contributed by atoms with E-state index in [1.165, 1.54) is 49.5 Å². The van der Waals surface area contributed by atoms with E-state index in [-0.39, 0.29) is 5.41 Å². The third-order valence-corrected chi connectivity index (χ3v) is 10.1. The van der Waals surface area contributed by atoms with Crippen molar-refractivity contribution in [2.75, 3.05) is 0 Å². The van der Waals surface area contributed by atoms with Crippen molar-refractivity contribution in [2.45, 2.75) is 19.3 Å². The molecule has 4 heteroatoms. The second-order valence-electron chi connectivity index (χ2n) is 13.1. The van der Waals surface area contributed by atoms with Crippen LogP contribution >= 0.6 is 0 Å². The molecule has 222 valence electrons. The number of rotatable bonds is 3. The van der Waals surface area contributed by atoms with Gasteiger partial charge in [-0.05, 0) is 81.4 Å². The zero-order valence-electron chi connectivity index (χ0n) is 26.0. The molecule has 0 radical (unpaired) electrons. The van der Waals surface area contributed by atoms with E-state index in [0.29, 0.717) is 5.95 Å². The van der Waals surface area contributed by atoms with Gasteiger partial charge in [-0.15, -0.1) is 0 Å². The van der Waals surface area contributed by atoms with Gasteiger partial charge in [-0.25, -0.2) is 9.97 Å². The summed E-state index contributed by atoms with van der Waals surface area (Å²) >= 11 is 0. The van der Waals surface area contributed by atoms with E-state index in [2.05, 4.69) is 122 Å². The molecule has 0 fully saturated rings. The van der Waals surface area contributed by atoms with Crippen molar-refractivity contribution in [1.82, 2.24) is 14.5 Å². The summed E-state index contributed by atoms with van der Waals surface area (Å²) in [5.74, 6) is 0.666. The molecule has 0 spiro atoms. The lowest BCUT2D eigenvalue weighted by Crippen LogP contribution is -2.15. The molecular formula is C43H29N3O. The van der Waals surface area contributed by atoms with Gasteiger partial charge >= 0.3 is 0 Å². The van der Waals surface area contributed by atoms with Crippen LogP contribution in [0.4, 0.5) is 0 Å². The van der Waals surface area contributed by atoms with Crippen LogP contribution in [0.2, 0.25) is 0 Å². The number of nitrogens with zero attached hydrogens (tertiary/aromatic N) is 3. The fourth-order valence-electron chi connectivity index (χ4n) is 7.72. The number of benzene rings is 6. The maximum Gasteiger partial charge on any atom is 0.234 e. The van der Waals surface area contributed by atoms with E-state index >= 15 is 0 Å².